The molecule has 19 heavy (non-hydrogen) atoms. The Morgan fingerprint density at radius 1 is 0.947 bits per heavy atom. The topological polar surface area (TPSA) is 43.4 Å². The van der Waals surface area contributed by atoms with Crippen molar-refractivity contribution in [2.24, 2.45) is 0 Å². The average molecular weight is 268 g/mol. The molecule has 98 valence electrons. The van der Waals surface area contributed by atoms with E-state index in [9.17, 15) is 22.8 Å². The van der Waals surface area contributed by atoms with Crippen LogP contribution in [0.15, 0.2) is 42.5 Å². The summed E-state index contributed by atoms with van der Waals surface area (Å²) in [6.07, 6.45) is -5.19. The molecule has 0 radical (unpaired) electrons. The molecule has 0 amide bonds. The van der Waals surface area contributed by atoms with Gasteiger partial charge in [-0.25, -0.2) is 9.59 Å². The highest BCUT2D eigenvalue weighted by molar-refractivity contribution is 6.00. The van der Waals surface area contributed by atoms with Gasteiger partial charge >= 0.3 is 18.1 Å². The quantitative estimate of drug-likeness (QED) is 0.589. The Morgan fingerprint density at radius 2 is 1.58 bits per heavy atom. The molecular formula is C13H7F3O3. The van der Waals surface area contributed by atoms with Crippen LogP contribution in [0.2, 0.25) is 0 Å². The third-order valence-corrected chi connectivity index (χ3v) is 2.40. The van der Waals surface area contributed by atoms with Crippen LogP contribution in [0.25, 0.3) is 10.8 Å². The van der Waals surface area contributed by atoms with Crippen molar-refractivity contribution in [3.05, 3.63) is 48.0 Å². The fourth-order valence-electron chi connectivity index (χ4n) is 1.52. The van der Waals surface area contributed by atoms with Gasteiger partial charge in [0.15, 0.2) is 0 Å². The lowest BCUT2D eigenvalue weighted by Gasteiger charge is -2.06. The van der Waals surface area contributed by atoms with E-state index in [1.54, 1.807) is 30.3 Å². The van der Waals surface area contributed by atoms with Gasteiger partial charge in [-0.05, 0) is 22.9 Å². The van der Waals surface area contributed by atoms with Crippen LogP contribution in [-0.2, 0) is 9.53 Å². The number of esters is 2. The summed E-state index contributed by atoms with van der Waals surface area (Å²) >= 11 is 0. The fourth-order valence-corrected chi connectivity index (χ4v) is 1.52. The first-order chi connectivity index (χ1) is 8.88. The molecule has 0 aliphatic rings. The van der Waals surface area contributed by atoms with E-state index in [1.807, 2.05) is 0 Å². The zero-order chi connectivity index (χ0) is 14.0. The fraction of sp³-hybridized carbons (Fsp3) is 0.0769. The minimum Gasteiger partial charge on any atom is -0.383 e. The summed E-state index contributed by atoms with van der Waals surface area (Å²) in [6.45, 7) is 0. The number of ether oxygens (including phenoxy) is 1. The van der Waals surface area contributed by atoms with Crippen molar-refractivity contribution in [2.75, 3.05) is 0 Å². The third kappa shape index (κ3) is 2.90. The van der Waals surface area contributed by atoms with Crippen molar-refractivity contribution in [3.8, 4) is 0 Å². The first-order valence-electron chi connectivity index (χ1n) is 5.20. The van der Waals surface area contributed by atoms with Crippen LogP contribution in [0, 0.1) is 0 Å². The maximum absolute atomic E-state index is 12.0. The largest absolute Gasteiger partial charge is 0.491 e. The van der Waals surface area contributed by atoms with Gasteiger partial charge in [-0.2, -0.15) is 13.2 Å². The van der Waals surface area contributed by atoms with E-state index in [1.165, 1.54) is 12.1 Å². The van der Waals surface area contributed by atoms with Gasteiger partial charge in [-0.3, -0.25) is 0 Å². The Balaban J connectivity index is 2.25. The van der Waals surface area contributed by atoms with Gasteiger partial charge in [0.25, 0.3) is 0 Å². The van der Waals surface area contributed by atoms with Gasteiger partial charge in [-0.1, -0.05) is 30.3 Å². The Labute approximate surface area is 105 Å². The molecule has 0 fully saturated rings. The number of hydrogen-bond acceptors (Lipinski definition) is 3. The number of rotatable bonds is 1. The monoisotopic (exact) mass is 268 g/mol. The molecule has 0 aliphatic heterocycles. The molecule has 2 aromatic carbocycles. The van der Waals surface area contributed by atoms with Crippen molar-refractivity contribution in [1.82, 2.24) is 0 Å². The normalized spacial score (nSPS) is 11.3. The van der Waals surface area contributed by atoms with E-state index in [0.717, 1.165) is 5.39 Å². The molecule has 0 spiro atoms. The highest BCUT2D eigenvalue weighted by Crippen LogP contribution is 2.19. The second-order valence-corrected chi connectivity index (χ2v) is 3.74. The standard InChI is InChI=1S/C13H7F3O3/c14-13(15,16)12(18)19-11(17)10-6-5-8-3-1-2-4-9(8)7-10/h1-7H. The van der Waals surface area contributed by atoms with E-state index in [0.29, 0.717) is 5.39 Å². The lowest BCUT2D eigenvalue weighted by Crippen LogP contribution is -2.28. The van der Waals surface area contributed by atoms with Crippen LogP contribution in [0.4, 0.5) is 13.2 Å². The highest BCUT2D eigenvalue weighted by atomic mass is 19.4. The number of carbonyl (C=O) groups is 2. The van der Waals surface area contributed by atoms with Crippen LogP contribution < -0.4 is 0 Å². The Morgan fingerprint density at radius 3 is 2.21 bits per heavy atom. The Kier molecular flexibility index (Phi) is 3.25. The Bertz CT molecular complexity index is 647. The predicted molar refractivity (Wildman–Crippen MR) is 60.4 cm³/mol. The van der Waals surface area contributed by atoms with Crippen LogP contribution in [-0.4, -0.2) is 18.1 Å². The lowest BCUT2D eigenvalue weighted by atomic mass is 10.1. The molecule has 0 aliphatic carbocycles. The maximum atomic E-state index is 12.0. The third-order valence-electron chi connectivity index (χ3n) is 2.40. The first kappa shape index (κ1) is 13.1. The molecule has 2 rings (SSSR count). The van der Waals surface area contributed by atoms with Gasteiger partial charge in [0.1, 0.15) is 0 Å². The average Bonchev–Trinajstić information content (AvgIpc) is 2.37. The molecule has 0 N–H and O–H groups in total. The molecule has 2 aromatic rings. The van der Waals surface area contributed by atoms with E-state index in [4.69, 9.17) is 0 Å². The van der Waals surface area contributed by atoms with Gasteiger partial charge in [-0.15, -0.1) is 0 Å². The highest BCUT2D eigenvalue weighted by Gasteiger charge is 2.42. The van der Waals surface area contributed by atoms with Gasteiger partial charge < -0.3 is 4.74 Å². The zero-order valence-electron chi connectivity index (χ0n) is 9.40. The molecule has 0 saturated carbocycles. The first-order valence-corrected chi connectivity index (χ1v) is 5.20. The predicted octanol–water partition coefficient (Wildman–Crippen LogP) is 3.09. The summed E-state index contributed by atoms with van der Waals surface area (Å²) in [5.41, 5.74) is -0.115. The minimum absolute atomic E-state index is 0.115. The van der Waals surface area contributed by atoms with Gasteiger partial charge in [0, 0.05) is 0 Å². The summed E-state index contributed by atoms with van der Waals surface area (Å²) < 4.78 is 39.6. The van der Waals surface area contributed by atoms with Crippen molar-refractivity contribution in [3.63, 3.8) is 0 Å². The zero-order valence-corrected chi connectivity index (χ0v) is 9.40. The van der Waals surface area contributed by atoms with Crippen LogP contribution in [0.1, 0.15) is 10.4 Å². The summed E-state index contributed by atoms with van der Waals surface area (Å²) in [6, 6.07) is 11.2. The molecule has 0 saturated heterocycles. The molecule has 0 heterocycles. The smallest absolute Gasteiger partial charge is 0.383 e. The molecular weight excluding hydrogens is 261 g/mol. The van der Waals surface area contributed by atoms with Crippen LogP contribution in [0.3, 0.4) is 0 Å². The number of halogens is 3. The van der Waals surface area contributed by atoms with E-state index >= 15 is 0 Å². The van der Waals surface area contributed by atoms with Crippen LogP contribution in [0.5, 0.6) is 0 Å². The van der Waals surface area contributed by atoms with Crippen molar-refractivity contribution < 1.29 is 27.5 Å². The van der Waals surface area contributed by atoms with Crippen molar-refractivity contribution in [2.45, 2.75) is 6.18 Å². The number of fused-ring (bicyclic) bond motifs is 1. The molecule has 0 atom stereocenters. The van der Waals surface area contributed by atoms with E-state index in [-0.39, 0.29) is 5.56 Å². The summed E-state index contributed by atoms with van der Waals surface area (Å²) in [4.78, 5) is 21.9. The lowest BCUT2D eigenvalue weighted by molar-refractivity contribution is -0.193. The van der Waals surface area contributed by atoms with Crippen LogP contribution >= 0.6 is 0 Å². The molecule has 0 unspecified atom stereocenters. The van der Waals surface area contributed by atoms with Crippen molar-refractivity contribution in [1.29, 1.82) is 0 Å². The summed E-state index contributed by atoms with van der Waals surface area (Å²) in [7, 11) is 0. The molecule has 6 heteroatoms. The Hall–Kier alpha value is -2.37. The van der Waals surface area contributed by atoms with E-state index in [2.05, 4.69) is 4.74 Å². The SMILES string of the molecule is O=C(OC(=O)C(F)(F)F)c1ccc2ccccc2c1. The second kappa shape index (κ2) is 4.72. The molecule has 3 nitrogen and oxygen atoms in total. The van der Waals surface area contributed by atoms with E-state index < -0.39 is 18.1 Å². The van der Waals surface area contributed by atoms with Gasteiger partial charge in [0.2, 0.25) is 0 Å². The number of benzene rings is 2. The molecule has 0 bridgehead atoms. The maximum Gasteiger partial charge on any atom is 0.491 e. The van der Waals surface area contributed by atoms with Crippen molar-refractivity contribution >= 4 is 22.7 Å². The second-order valence-electron chi connectivity index (χ2n) is 3.74. The number of alkyl halides is 3. The summed E-state index contributed by atoms with van der Waals surface area (Å²) in [5, 5.41) is 1.48. The number of hydrogen-bond donors (Lipinski definition) is 0. The number of carbonyl (C=O) groups excluding carboxylic acids is 2. The minimum atomic E-state index is -5.19. The summed E-state index contributed by atoms with van der Waals surface area (Å²) in [5.74, 6) is -3.85. The van der Waals surface area contributed by atoms with Gasteiger partial charge in [0.05, 0.1) is 5.56 Å². The molecule has 0 aromatic heterocycles.